The third kappa shape index (κ3) is 3.12. The zero-order valence-electron chi connectivity index (χ0n) is 8.57. The van der Waals surface area contributed by atoms with Gasteiger partial charge in [0.2, 0.25) is 0 Å². The highest BCUT2D eigenvalue weighted by Gasteiger charge is 2.06. The van der Waals surface area contributed by atoms with Crippen LogP contribution in [0.2, 0.25) is 0 Å². The second-order valence-electron chi connectivity index (χ2n) is 2.94. The predicted molar refractivity (Wildman–Crippen MR) is 57.3 cm³/mol. The van der Waals surface area contributed by atoms with Crippen LogP contribution in [-0.4, -0.2) is 12.3 Å². The summed E-state index contributed by atoms with van der Waals surface area (Å²) in [4.78, 5) is 13.6. The van der Waals surface area contributed by atoms with E-state index in [1.165, 1.54) is 25.1 Å². The number of benzene rings is 1. The van der Waals surface area contributed by atoms with Crippen LogP contribution in [0.25, 0.3) is 10.4 Å². The highest BCUT2D eigenvalue weighted by Crippen LogP contribution is 2.10. The quantitative estimate of drug-likeness (QED) is 0.247. The summed E-state index contributed by atoms with van der Waals surface area (Å²) in [6.07, 6.45) is 0. The fraction of sp³-hybridized carbons (Fsp3) is 0.182. The van der Waals surface area contributed by atoms with Gasteiger partial charge in [-0.05, 0) is 30.7 Å². The number of hydrogen-bond donors (Lipinski definition) is 0. The van der Waals surface area contributed by atoms with Crippen LogP contribution in [0.1, 0.15) is 22.8 Å². The van der Waals surface area contributed by atoms with Crippen molar-refractivity contribution < 1.29 is 9.18 Å². The van der Waals surface area contributed by atoms with Gasteiger partial charge in [0.1, 0.15) is 5.82 Å². The van der Waals surface area contributed by atoms with E-state index in [9.17, 15) is 9.18 Å². The molecule has 0 amide bonds. The van der Waals surface area contributed by atoms with Crippen molar-refractivity contribution in [3.63, 3.8) is 0 Å². The molecule has 0 aliphatic heterocycles. The molecule has 0 radical (unpaired) electrons. The Morgan fingerprint density at radius 2 is 2.38 bits per heavy atom. The van der Waals surface area contributed by atoms with E-state index >= 15 is 0 Å². The summed E-state index contributed by atoms with van der Waals surface area (Å²) in [7, 11) is 0. The Kier molecular flexibility index (Phi) is 4.07. The first-order valence-corrected chi connectivity index (χ1v) is 4.45. The van der Waals surface area contributed by atoms with Gasteiger partial charge in [-0.2, -0.15) is 0 Å². The molecule has 0 spiro atoms. The highest BCUT2D eigenvalue weighted by atomic mass is 19.1. The molecule has 5 heteroatoms. The molecule has 0 fully saturated rings. The normalized spacial score (nSPS) is 8.62. The molecule has 0 heterocycles. The van der Waals surface area contributed by atoms with Crippen LogP contribution in [0.15, 0.2) is 23.3 Å². The van der Waals surface area contributed by atoms with Crippen molar-refractivity contribution in [2.45, 2.75) is 6.92 Å². The van der Waals surface area contributed by atoms with Crippen molar-refractivity contribution in [1.82, 2.24) is 0 Å². The molecular formula is C11H8FN3O. The first-order chi connectivity index (χ1) is 7.65. The third-order valence-corrected chi connectivity index (χ3v) is 1.79. The number of ketones is 1. The minimum absolute atomic E-state index is 0.00980. The molecule has 1 aromatic carbocycles. The Hall–Kier alpha value is -2.31. The summed E-state index contributed by atoms with van der Waals surface area (Å²) >= 11 is 0. The van der Waals surface area contributed by atoms with E-state index in [2.05, 4.69) is 21.9 Å². The molecule has 0 atom stereocenters. The molecule has 16 heavy (non-hydrogen) atoms. The van der Waals surface area contributed by atoms with E-state index in [0.717, 1.165) is 0 Å². The van der Waals surface area contributed by atoms with Crippen LogP contribution in [0.3, 0.4) is 0 Å². The van der Waals surface area contributed by atoms with E-state index in [-0.39, 0.29) is 17.9 Å². The van der Waals surface area contributed by atoms with Crippen molar-refractivity contribution in [2.75, 3.05) is 6.54 Å². The van der Waals surface area contributed by atoms with Crippen LogP contribution >= 0.6 is 0 Å². The largest absolute Gasteiger partial charge is 0.294 e. The van der Waals surface area contributed by atoms with E-state index < -0.39 is 5.82 Å². The number of carbonyl (C=O) groups is 1. The first-order valence-electron chi connectivity index (χ1n) is 4.45. The number of hydrogen-bond acceptors (Lipinski definition) is 2. The van der Waals surface area contributed by atoms with Crippen molar-refractivity contribution in [2.24, 2.45) is 5.11 Å². The number of rotatable bonds is 2. The minimum atomic E-state index is -0.562. The Morgan fingerprint density at radius 3 is 3.00 bits per heavy atom. The second-order valence-corrected chi connectivity index (χ2v) is 2.94. The van der Waals surface area contributed by atoms with Crippen LogP contribution in [-0.2, 0) is 0 Å². The van der Waals surface area contributed by atoms with Crippen molar-refractivity contribution in [3.8, 4) is 11.8 Å². The minimum Gasteiger partial charge on any atom is -0.294 e. The average molecular weight is 217 g/mol. The summed E-state index contributed by atoms with van der Waals surface area (Å²) < 4.78 is 13.1. The molecule has 80 valence electrons. The number of azide groups is 1. The molecule has 1 rings (SSSR count). The highest BCUT2D eigenvalue weighted by molar-refractivity contribution is 5.94. The zero-order chi connectivity index (χ0) is 12.0. The number of Topliss-reactive ketones (excluding diaryl/α,β-unsaturated/α-hetero) is 1. The zero-order valence-corrected chi connectivity index (χ0v) is 8.57. The van der Waals surface area contributed by atoms with Gasteiger partial charge in [0.05, 0.1) is 12.1 Å². The average Bonchev–Trinajstić information content (AvgIpc) is 2.26. The summed E-state index contributed by atoms with van der Waals surface area (Å²) in [6, 6.07) is 4.03. The Morgan fingerprint density at radius 1 is 1.62 bits per heavy atom. The molecule has 0 aliphatic rings. The van der Waals surface area contributed by atoms with Gasteiger partial charge in [-0.15, -0.1) is 0 Å². The Balaban J connectivity index is 2.97. The van der Waals surface area contributed by atoms with Crippen molar-refractivity contribution in [3.05, 3.63) is 45.6 Å². The summed E-state index contributed by atoms with van der Waals surface area (Å²) in [5, 5.41) is 3.23. The maximum atomic E-state index is 13.1. The standard InChI is InChI=1S/C11H8FN3O/c1-8(16)10-7-9(4-5-11(10)12)3-2-6-14-15-13/h4-5,7H,6H2,1H3. The maximum absolute atomic E-state index is 13.1. The van der Waals surface area contributed by atoms with Gasteiger partial charge in [0, 0.05) is 10.5 Å². The molecule has 0 aliphatic carbocycles. The molecule has 0 unspecified atom stereocenters. The van der Waals surface area contributed by atoms with E-state index in [4.69, 9.17) is 5.53 Å². The lowest BCUT2D eigenvalue weighted by Crippen LogP contribution is -1.97. The van der Waals surface area contributed by atoms with Gasteiger partial charge in [-0.3, -0.25) is 4.79 Å². The summed E-state index contributed by atoms with van der Waals surface area (Å²) in [6.45, 7) is 1.33. The third-order valence-electron chi connectivity index (χ3n) is 1.79. The van der Waals surface area contributed by atoms with E-state index in [0.29, 0.717) is 5.56 Å². The molecule has 1 aromatic rings. The summed E-state index contributed by atoms with van der Waals surface area (Å²) in [5.74, 6) is 4.34. The molecule has 0 aromatic heterocycles. The maximum Gasteiger partial charge on any atom is 0.162 e. The van der Waals surface area contributed by atoms with Crippen LogP contribution in [0.5, 0.6) is 0 Å². The summed E-state index contributed by atoms with van der Waals surface area (Å²) in [5.41, 5.74) is 8.54. The van der Waals surface area contributed by atoms with Gasteiger partial charge in [-0.25, -0.2) is 4.39 Å². The van der Waals surface area contributed by atoms with Crippen molar-refractivity contribution in [1.29, 1.82) is 0 Å². The molecule has 0 saturated heterocycles. The SMILES string of the molecule is CC(=O)c1cc(C#CCN=[N+]=[N-])ccc1F. The Labute approximate surface area is 91.7 Å². The number of carbonyl (C=O) groups excluding carboxylic acids is 1. The molecule has 0 bridgehead atoms. The van der Waals surface area contributed by atoms with Gasteiger partial charge < -0.3 is 0 Å². The molecule has 4 nitrogen and oxygen atoms in total. The van der Waals surface area contributed by atoms with Gasteiger partial charge >= 0.3 is 0 Å². The fourth-order valence-corrected chi connectivity index (χ4v) is 1.08. The predicted octanol–water partition coefficient (Wildman–Crippen LogP) is 2.69. The van der Waals surface area contributed by atoms with Crippen LogP contribution < -0.4 is 0 Å². The van der Waals surface area contributed by atoms with Gasteiger partial charge in [0.15, 0.2) is 5.78 Å². The first kappa shape index (κ1) is 11.8. The lowest BCUT2D eigenvalue weighted by atomic mass is 10.1. The number of nitrogens with zero attached hydrogens (tertiary/aromatic N) is 3. The number of halogens is 1. The molecule has 0 N–H and O–H groups in total. The van der Waals surface area contributed by atoms with Crippen LogP contribution in [0.4, 0.5) is 4.39 Å². The lowest BCUT2D eigenvalue weighted by molar-refractivity contribution is 0.101. The van der Waals surface area contributed by atoms with Crippen LogP contribution in [0, 0.1) is 17.7 Å². The molecular weight excluding hydrogens is 209 g/mol. The van der Waals surface area contributed by atoms with E-state index in [1.54, 1.807) is 0 Å². The lowest BCUT2D eigenvalue weighted by Gasteiger charge is -1.98. The topological polar surface area (TPSA) is 65.8 Å². The monoisotopic (exact) mass is 217 g/mol. The van der Waals surface area contributed by atoms with Crippen molar-refractivity contribution >= 4 is 5.78 Å². The molecule has 0 saturated carbocycles. The second kappa shape index (κ2) is 5.54. The van der Waals surface area contributed by atoms with E-state index in [1.807, 2.05) is 0 Å². The fourth-order valence-electron chi connectivity index (χ4n) is 1.08. The Bertz CT molecular complexity index is 522. The van der Waals surface area contributed by atoms with Gasteiger partial charge in [0.25, 0.3) is 0 Å². The van der Waals surface area contributed by atoms with Gasteiger partial charge in [-0.1, -0.05) is 17.0 Å². The smallest absolute Gasteiger partial charge is 0.162 e.